The summed E-state index contributed by atoms with van der Waals surface area (Å²) in [5.41, 5.74) is 1.16. The number of carboxylic acid groups (broad SMARTS) is 1. The number of rotatable bonds is 6. The first kappa shape index (κ1) is 15.4. The average Bonchev–Trinajstić information content (AvgIpc) is 2.92. The van der Waals surface area contributed by atoms with Gasteiger partial charge in [0, 0.05) is 12.6 Å². The third-order valence-electron chi connectivity index (χ3n) is 3.78. The number of benzene rings is 1. The van der Waals surface area contributed by atoms with E-state index >= 15 is 0 Å². The summed E-state index contributed by atoms with van der Waals surface area (Å²) in [7, 11) is 0. The van der Waals surface area contributed by atoms with Crippen molar-refractivity contribution in [2.45, 2.75) is 38.6 Å². The van der Waals surface area contributed by atoms with E-state index in [1.165, 1.54) is 0 Å². The van der Waals surface area contributed by atoms with Crippen molar-refractivity contribution in [2.24, 2.45) is 0 Å². The van der Waals surface area contributed by atoms with E-state index in [0.717, 1.165) is 24.8 Å². The topological polar surface area (TPSA) is 66.8 Å². The minimum atomic E-state index is -0.865. The number of nitrogens with zero attached hydrogens (tertiary/aromatic N) is 1. The number of carbonyl (C=O) groups excluding carboxylic acids is 1. The lowest BCUT2D eigenvalue weighted by molar-refractivity contribution is -0.140. The Kier molecular flexibility index (Phi) is 5.20. The normalized spacial score (nSPS) is 17.8. The van der Waals surface area contributed by atoms with Crippen molar-refractivity contribution < 1.29 is 19.4 Å². The molecule has 1 N–H and O–H groups in total. The predicted molar refractivity (Wildman–Crippen MR) is 78.3 cm³/mol. The SMILES string of the molecule is CCc1cccc(OCC(=O)N2CCCC2CC(=O)O)c1. The summed E-state index contributed by atoms with van der Waals surface area (Å²) in [5, 5.41) is 8.87. The summed E-state index contributed by atoms with van der Waals surface area (Å²) in [5.74, 6) is -0.325. The number of aliphatic carboxylic acids is 1. The van der Waals surface area contributed by atoms with Gasteiger partial charge in [0.2, 0.25) is 0 Å². The fourth-order valence-electron chi connectivity index (χ4n) is 2.66. The van der Waals surface area contributed by atoms with Gasteiger partial charge in [0.05, 0.1) is 6.42 Å². The summed E-state index contributed by atoms with van der Waals surface area (Å²) in [6.45, 7) is 2.64. The lowest BCUT2D eigenvalue weighted by Crippen LogP contribution is -2.39. The van der Waals surface area contributed by atoms with Gasteiger partial charge in [0.1, 0.15) is 5.75 Å². The van der Waals surface area contributed by atoms with Gasteiger partial charge < -0.3 is 14.7 Å². The Morgan fingerprint density at radius 1 is 1.43 bits per heavy atom. The van der Waals surface area contributed by atoms with Gasteiger partial charge in [-0.05, 0) is 37.0 Å². The van der Waals surface area contributed by atoms with Crippen LogP contribution < -0.4 is 4.74 Å². The lowest BCUT2D eigenvalue weighted by atomic mass is 10.1. The second-order valence-electron chi connectivity index (χ2n) is 5.27. The third kappa shape index (κ3) is 4.21. The smallest absolute Gasteiger partial charge is 0.305 e. The lowest BCUT2D eigenvalue weighted by Gasteiger charge is -2.23. The van der Waals surface area contributed by atoms with Crippen LogP contribution in [-0.4, -0.2) is 41.1 Å². The van der Waals surface area contributed by atoms with E-state index in [4.69, 9.17) is 9.84 Å². The van der Waals surface area contributed by atoms with E-state index in [2.05, 4.69) is 6.92 Å². The fourth-order valence-corrected chi connectivity index (χ4v) is 2.66. The van der Waals surface area contributed by atoms with Gasteiger partial charge in [-0.3, -0.25) is 9.59 Å². The van der Waals surface area contributed by atoms with Gasteiger partial charge >= 0.3 is 5.97 Å². The molecular weight excluding hydrogens is 270 g/mol. The number of ether oxygens (including phenoxy) is 1. The first-order chi connectivity index (χ1) is 10.1. The number of hydrogen-bond donors (Lipinski definition) is 1. The zero-order valence-electron chi connectivity index (χ0n) is 12.2. The molecule has 0 bridgehead atoms. The van der Waals surface area contributed by atoms with E-state index in [1.807, 2.05) is 24.3 Å². The molecule has 1 saturated heterocycles. The molecule has 1 amide bonds. The van der Waals surface area contributed by atoms with E-state index in [1.54, 1.807) is 4.90 Å². The number of likely N-dealkylation sites (tertiary alicyclic amines) is 1. The van der Waals surface area contributed by atoms with Crippen LogP contribution in [0, 0.1) is 0 Å². The summed E-state index contributed by atoms with van der Waals surface area (Å²) in [4.78, 5) is 24.6. The van der Waals surface area contributed by atoms with Gasteiger partial charge in [-0.25, -0.2) is 0 Å². The minimum Gasteiger partial charge on any atom is -0.484 e. The molecule has 1 fully saturated rings. The quantitative estimate of drug-likeness (QED) is 0.871. The highest BCUT2D eigenvalue weighted by Crippen LogP contribution is 2.21. The van der Waals surface area contributed by atoms with Gasteiger partial charge in [0.15, 0.2) is 6.61 Å². The van der Waals surface area contributed by atoms with E-state index in [9.17, 15) is 9.59 Å². The van der Waals surface area contributed by atoms with Crippen molar-refractivity contribution in [1.82, 2.24) is 4.90 Å². The Labute approximate surface area is 124 Å². The number of carbonyl (C=O) groups is 2. The second-order valence-corrected chi connectivity index (χ2v) is 5.27. The first-order valence-corrected chi connectivity index (χ1v) is 7.33. The van der Waals surface area contributed by atoms with Crippen molar-refractivity contribution in [3.8, 4) is 5.75 Å². The van der Waals surface area contributed by atoms with Crippen molar-refractivity contribution in [2.75, 3.05) is 13.2 Å². The third-order valence-corrected chi connectivity index (χ3v) is 3.78. The second kappa shape index (κ2) is 7.11. The zero-order chi connectivity index (χ0) is 15.2. The van der Waals surface area contributed by atoms with Crippen LogP contribution in [0.2, 0.25) is 0 Å². The number of hydrogen-bond acceptors (Lipinski definition) is 3. The van der Waals surface area contributed by atoms with Crippen LogP contribution in [0.4, 0.5) is 0 Å². The maximum Gasteiger partial charge on any atom is 0.305 e. The first-order valence-electron chi connectivity index (χ1n) is 7.33. The average molecular weight is 291 g/mol. The highest BCUT2D eigenvalue weighted by atomic mass is 16.5. The van der Waals surface area contributed by atoms with Gasteiger partial charge in [-0.1, -0.05) is 19.1 Å². The Morgan fingerprint density at radius 3 is 2.95 bits per heavy atom. The van der Waals surface area contributed by atoms with Crippen LogP contribution in [0.5, 0.6) is 5.75 Å². The summed E-state index contributed by atoms with van der Waals surface area (Å²) >= 11 is 0. The number of carboxylic acids is 1. The molecular formula is C16H21NO4. The Morgan fingerprint density at radius 2 is 2.24 bits per heavy atom. The molecule has 1 aromatic carbocycles. The molecule has 1 unspecified atom stereocenters. The van der Waals surface area contributed by atoms with Crippen LogP contribution in [-0.2, 0) is 16.0 Å². The largest absolute Gasteiger partial charge is 0.484 e. The molecule has 0 aromatic heterocycles. The summed E-state index contributed by atoms with van der Waals surface area (Å²) in [6, 6.07) is 7.47. The van der Waals surface area contributed by atoms with Gasteiger partial charge in [0.25, 0.3) is 5.91 Å². The van der Waals surface area contributed by atoms with Crippen molar-refractivity contribution >= 4 is 11.9 Å². The maximum absolute atomic E-state index is 12.2. The summed E-state index contributed by atoms with van der Waals surface area (Å²) < 4.78 is 5.54. The Balaban J connectivity index is 1.90. The van der Waals surface area contributed by atoms with E-state index in [-0.39, 0.29) is 25.0 Å². The molecule has 1 aromatic rings. The zero-order valence-corrected chi connectivity index (χ0v) is 12.2. The molecule has 114 valence electrons. The molecule has 1 aliphatic rings. The molecule has 0 radical (unpaired) electrons. The highest BCUT2D eigenvalue weighted by Gasteiger charge is 2.30. The van der Waals surface area contributed by atoms with E-state index in [0.29, 0.717) is 12.3 Å². The number of amides is 1. The predicted octanol–water partition coefficient (Wildman–Crippen LogP) is 2.09. The monoisotopic (exact) mass is 291 g/mol. The van der Waals surface area contributed by atoms with E-state index < -0.39 is 5.97 Å². The Hall–Kier alpha value is -2.04. The van der Waals surface area contributed by atoms with Crippen molar-refractivity contribution in [3.63, 3.8) is 0 Å². The van der Waals surface area contributed by atoms with Crippen LogP contribution >= 0.6 is 0 Å². The standard InChI is InChI=1S/C16H21NO4/c1-2-12-5-3-7-14(9-12)21-11-15(18)17-8-4-6-13(17)10-16(19)20/h3,5,7,9,13H,2,4,6,8,10-11H2,1H3,(H,19,20). The molecule has 5 nitrogen and oxygen atoms in total. The molecule has 1 heterocycles. The summed E-state index contributed by atoms with van der Waals surface area (Å²) in [6.07, 6.45) is 2.54. The molecule has 0 spiro atoms. The molecule has 5 heteroatoms. The number of aryl methyl sites for hydroxylation is 1. The molecule has 0 aliphatic carbocycles. The van der Waals surface area contributed by atoms with Crippen molar-refractivity contribution in [3.05, 3.63) is 29.8 Å². The van der Waals surface area contributed by atoms with Crippen LogP contribution in [0.25, 0.3) is 0 Å². The maximum atomic E-state index is 12.2. The van der Waals surface area contributed by atoms with Crippen LogP contribution in [0.3, 0.4) is 0 Å². The highest BCUT2D eigenvalue weighted by molar-refractivity contribution is 5.79. The Bertz CT molecular complexity index is 515. The molecule has 21 heavy (non-hydrogen) atoms. The molecule has 1 atom stereocenters. The van der Waals surface area contributed by atoms with Gasteiger partial charge in [-0.15, -0.1) is 0 Å². The van der Waals surface area contributed by atoms with Crippen molar-refractivity contribution in [1.29, 1.82) is 0 Å². The van der Waals surface area contributed by atoms with Crippen LogP contribution in [0.15, 0.2) is 24.3 Å². The van der Waals surface area contributed by atoms with Crippen LogP contribution in [0.1, 0.15) is 31.7 Å². The molecule has 0 saturated carbocycles. The fraction of sp³-hybridized carbons (Fsp3) is 0.500. The minimum absolute atomic E-state index is 0.0110. The molecule has 2 rings (SSSR count). The molecule has 1 aliphatic heterocycles. The van der Waals surface area contributed by atoms with Gasteiger partial charge in [-0.2, -0.15) is 0 Å².